The van der Waals surface area contributed by atoms with Crippen molar-refractivity contribution in [2.24, 2.45) is 0 Å². The predicted octanol–water partition coefficient (Wildman–Crippen LogP) is 1.38. The Morgan fingerprint density at radius 1 is 1.32 bits per heavy atom. The van der Waals surface area contributed by atoms with Crippen LogP contribution in [0.2, 0.25) is 0 Å². The molecule has 0 aliphatic rings. The Labute approximate surface area is 108 Å². The van der Waals surface area contributed by atoms with Crippen LogP contribution >= 0.6 is 0 Å². The summed E-state index contributed by atoms with van der Waals surface area (Å²) in [4.78, 5) is 22.2. The molecule has 98 valence electrons. The van der Waals surface area contributed by atoms with E-state index < -0.39 is 29.0 Å². The number of benzene rings is 1. The Balaban J connectivity index is 3.00. The highest BCUT2D eigenvalue weighted by atomic mass is 16.4. The van der Waals surface area contributed by atoms with Crippen molar-refractivity contribution in [1.82, 2.24) is 0 Å². The lowest BCUT2D eigenvalue weighted by Gasteiger charge is -2.06. The number of nitrogens with zero attached hydrogens (tertiary/aromatic N) is 1. The van der Waals surface area contributed by atoms with Gasteiger partial charge in [0.2, 0.25) is 0 Å². The topological polar surface area (TPSA) is 131 Å². The van der Waals surface area contributed by atoms with E-state index in [1.807, 2.05) is 0 Å². The summed E-state index contributed by atoms with van der Waals surface area (Å²) in [7, 11) is 0. The van der Waals surface area contributed by atoms with Crippen molar-refractivity contribution in [2.75, 3.05) is 5.32 Å². The Hall–Kier alpha value is -3.01. The summed E-state index contributed by atoms with van der Waals surface area (Å²) in [6.45, 7) is 1.18. The van der Waals surface area contributed by atoms with Gasteiger partial charge in [0.1, 0.15) is 23.1 Å². The van der Waals surface area contributed by atoms with Crippen molar-refractivity contribution in [3.05, 3.63) is 35.1 Å². The van der Waals surface area contributed by atoms with Crippen LogP contribution in [0.5, 0.6) is 5.75 Å². The molecule has 0 heterocycles. The van der Waals surface area contributed by atoms with Crippen LogP contribution in [-0.2, 0) is 4.79 Å². The molecule has 1 rings (SSSR count). The number of carboxylic acids is 1. The van der Waals surface area contributed by atoms with Gasteiger partial charge in [-0.1, -0.05) is 0 Å². The first-order valence-electron chi connectivity index (χ1n) is 5.04. The molecule has 0 spiro atoms. The first-order valence-corrected chi connectivity index (χ1v) is 5.04. The summed E-state index contributed by atoms with van der Waals surface area (Å²) in [5.41, 5.74) is -0.685. The fourth-order valence-corrected chi connectivity index (χ4v) is 1.28. The van der Waals surface area contributed by atoms with Gasteiger partial charge in [0.15, 0.2) is 5.57 Å². The number of aliphatic hydroxyl groups excluding tert-OH is 1. The Morgan fingerprint density at radius 2 is 1.95 bits per heavy atom. The number of aliphatic hydroxyl groups is 1. The number of carbonyl (C=O) groups excluding carboxylic acids is 1. The highest BCUT2D eigenvalue weighted by Crippen LogP contribution is 2.22. The van der Waals surface area contributed by atoms with E-state index in [9.17, 15) is 14.7 Å². The van der Waals surface area contributed by atoms with Crippen molar-refractivity contribution < 1.29 is 24.9 Å². The fraction of sp³-hybridized carbons (Fsp3) is 0.0833. The van der Waals surface area contributed by atoms with Crippen LogP contribution in [-0.4, -0.2) is 27.2 Å². The zero-order chi connectivity index (χ0) is 14.6. The van der Waals surface area contributed by atoms with Gasteiger partial charge in [-0.3, -0.25) is 4.79 Å². The molecule has 0 atom stereocenters. The van der Waals surface area contributed by atoms with E-state index in [4.69, 9.17) is 15.5 Å². The zero-order valence-electron chi connectivity index (χ0n) is 9.84. The molecular formula is C12H10N2O5. The largest absolute Gasteiger partial charge is 0.511 e. The predicted molar refractivity (Wildman–Crippen MR) is 64.6 cm³/mol. The Morgan fingerprint density at radius 3 is 2.37 bits per heavy atom. The van der Waals surface area contributed by atoms with Gasteiger partial charge in [-0.15, -0.1) is 0 Å². The minimum absolute atomic E-state index is 0.0986. The molecule has 0 bridgehead atoms. The smallest absolute Gasteiger partial charge is 0.339 e. The van der Waals surface area contributed by atoms with E-state index in [-0.39, 0.29) is 11.3 Å². The van der Waals surface area contributed by atoms with Crippen LogP contribution < -0.4 is 5.32 Å². The summed E-state index contributed by atoms with van der Waals surface area (Å²) in [5.74, 6) is -3.12. The van der Waals surface area contributed by atoms with E-state index in [0.29, 0.717) is 0 Å². The third-order valence-corrected chi connectivity index (χ3v) is 2.19. The molecule has 1 aromatic rings. The van der Waals surface area contributed by atoms with Gasteiger partial charge in [0.25, 0.3) is 5.91 Å². The van der Waals surface area contributed by atoms with Crippen LogP contribution in [0.3, 0.4) is 0 Å². The lowest BCUT2D eigenvalue weighted by molar-refractivity contribution is -0.112. The number of aromatic hydroxyl groups is 1. The van der Waals surface area contributed by atoms with Gasteiger partial charge in [-0.2, -0.15) is 5.26 Å². The minimum atomic E-state index is -1.31. The quantitative estimate of drug-likeness (QED) is 0.370. The fourth-order valence-electron chi connectivity index (χ4n) is 1.28. The van der Waals surface area contributed by atoms with Gasteiger partial charge in [0, 0.05) is 11.8 Å². The maximum Gasteiger partial charge on any atom is 0.339 e. The van der Waals surface area contributed by atoms with Crippen LogP contribution in [0.25, 0.3) is 0 Å². The summed E-state index contributed by atoms with van der Waals surface area (Å²) in [6.07, 6.45) is 0. The van der Waals surface area contributed by atoms with Crippen LogP contribution in [0.4, 0.5) is 5.69 Å². The lowest BCUT2D eigenvalue weighted by Crippen LogP contribution is -2.15. The SMILES string of the molecule is CC(O)=C(C#N)C(=O)Nc1ccc(C(=O)O)c(O)c1. The number of nitriles is 1. The molecule has 0 fully saturated rings. The molecule has 0 saturated heterocycles. The molecule has 0 aromatic heterocycles. The third-order valence-electron chi connectivity index (χ3n) is 2.19. The van der Waals surface area contributed by atoms with Gasteiger partial charge in [-0.25, -0.2) is 4.79 Å². The van der Waals surface area contributed by atoms with Crippen molar-refractivity contribution in [1.29, 1.82) is 5.26 Å². The number of nitrogens with one attached hydrogen (secondary N) is 1. The molecule has 19 heavy (non-hydrogen) atoms. The Kier molecular flexibility index (Phi) is 4.11. The molecule has 0 unspecified atom stereocenters. The van der Waals surface area contributed by atoms with Gasteiger partial charge in [0.05, 0.1) is 0 Å². The second-order valence-corrected chi connectivity index (χ2v) is 3.56. The van der Waals surface area contributed by atoms with Crippen LogP contribution in [0.15, 0.2) is 29.5 Å². The zero-order valence-corrected chi connectivity index (χ0v) is 9.84. The highest BCUT2D eigenvalue weighted by molar-refractivity contribution is 6.07. The van der Waals surface area contributed by atoms with Crippen LogP contribution in [0.1, 0.15) is 17.3 Å². The highest BCUT2D eigenvalue weighted by Gasteiger charge is 2.15. The molecular weight excluding hydrogens is 252 g/mol. The summed E-state index contributed by atoms with van der Waals surface area (Å²) in [5, 5.41) is 38.1. The van der Waals surface area contributed by atoms with Gasteiger partial charge < -0.3 is 20.6 Å². The van der Waals surface area contributed by atoms with Crippen LogP contribution in [0, 0.1) is 11.3 Å². The molecule has 1 amide bonds. The normalized spacial score (nSPS) is 11.2. The van der Waals surface area contributed by atoms with E-state index >= 15 is 0 Å². The molecule has 7 nitrogen and oxygen atoms in total. The van der Waals surface area contributed by atoms with E-state index in [1.54, 1.807) is 0 Å². The molecule has 0 saturated carbocycles. The number of carbonyl (C=O) groups is 2. The lowest BCUT2D eigenvalue weighted by atomic mass is 10.1. The van der Waals surface area contributed by atoms with Gasteiger partial charge in [-0.05, 0) is 19.1 Å². The second-order valence-electron chi connectivity index (χ2n) is 3.56. The summed E-state index contributed by atoms with van der Waals surface area (Å²) < 4.78 is 0. The van der Waals surface area contributed by atoms with E-state index in [0.717, 1.165) is 12.1 Å². The number of anilines is 1. The standard InChI is InChI=1S/C12H10N2O5/c1-6(15)9(5-13)11(17)14-7-2-3-8(12(18)19)10(16)4-7/h2-4,15-16H,1H3,(H,14,17)(H,18,19). The monoisotopic (exact) mass is 262 g/mol. The molecule has 0 aliphatic carbocycles. The van der Waals surface area contributed by atoms with Crippen molar-refractivity contribution in [3.63, 3.8) is 0 Å². The summed E-state index contributed by atoms with van der Waals surface area (Å²) >= 11 is 0. The first-order chi connectivity index (χ1) is 8.86. The minimum Gasteiger partial charge on any atom is -0.511 e. The molecule has 1 aromatic carbocycles. The van der Waals surface area contributed by atoms with Crippen molar-refractivity contribution >= 4 is 17.6 Å². The number of rotatable bonds is 3. The van der Waals surface area contributed by atoms with Crippen molar-refractivity contribution in [3.8, 4) is 11.8 Å². The first kappa shape index (κ1) is 14.1. The van der Waals surface area contributed by atoms with Crippen molar-refractivity contribution in [2.45, 2.75) is 6.92 Å². The maximum absolute atomic E-state index is 11.6. The number of allylic oxidation sites excluding steroid dienone is 1. The average molecular weight is 262 g/mol. The molecule has 7 heteroatoms. The molecule has 4 N–H and O–H groups in total. The van der Waals surface area contributed by atoms with E-state index in [2.05, 4.69) is 5.32 Å². The Bertz CT molecular complexity index is 609. The summed E-state index contributed by atoms with van der Waals surface area (Å²) in [6, 6.07) is 4.92. The van der Waals surface area contributed by atoms with E-state index in [1.165, 1.54) is 19.1 Å². The number of amides is 1. The van der Waals surface area contributed by atoms with Gasteiger partial charge >= 0.3 is 5.97 Å². The maximum atomic E-state index is 11.6. The second kappa shape index (κ2) is 5.55. The number of phenols is 1. The third kappa shape index (κ3) is 3.23. The molecule has 0 aliphatic heterocycles. The average Bonchev–Trinajstić information content (AvgIpc) is 2.28. The number of carboxylic acid groups (broad SMARTS) is 1. The molecule has 0 radical (unpaired) electrons. The number of aromatic carboxylic acids is 1. The number of hydrogen-bond donors (Lipinski definition) is 4. The number of hydrogen-bond acceptors (Lipinski definition) is 5.